The van der Waals surface area contributed by atoms with E-state index < -0.39 is 0 Å². The highest BCUT2D eigenvalue weighted by molar-refractivity contribution is 8.03. The van der Waals surface area contributed by atoms with Crippen molar-refractivity contribution in [2.24, 2.45) is 0 Å². The molecule has 92 valence electrons. The lowest BCUT2D eigenvalue weighted by atomic mass is 10.4. The van der Waals surface area contributed by atoms with Gasteiger partial charge < -0.3 is 9.47 Å². The van der Waals surface area contributed by atoms with Crippen LogP contribution in [0.5, 0.6) is 0 Å². The highest BCUT2D eigenvalue weighted by Gasteiger charge is 2.08. The molecule has 0 saturated heterocycles. The summed E-state index contributed by atoms with van der Waals surface area (Å²) in [5, 5.41) is 0. The number of rotatable bonds is 9. The maximum absolute atomic E-state index is 5.47. The summed E-state index contributed by atoms with van der Waals surface area (Å²) in [5.41, 5.74) is 0. The molecule has 0 heterocycles. The summed E-state index contributed by atoms with van der Waals surface area (Å²) in [6.07, 6.45) is 7.72. The molecule has 0 spiro atoms. The summed E-state index contributed by atoms with van der Waals surface area (Å²) < 4.78 is 10.9. The summed E-state index contributed by atoms with van der Waals surface area (Å²) in [5.74, 6) is 0.797. The number of ether oxygens (including phenoxy) is 2. The lowest BCUT2D eigenvalue weighted by Gasteiger charge is -2.16. The van der Waals surface area contributed by atoms with E-state index in [0.717, 1.165) is 5.75 Å². The molecule has 0 rings (SSSR count). The third kappa shape index (κ3) is 7.74. The van der Waals surface area contributed by atoms with E-state index in [9.17, 15) is 0 Å². The Kier molecular flexibility index (Phi) is 10.6. The molecular formula is C13H22O2S. The normalized spacial score (nSPS) is 12.6. The van der Waals surface area contributed by atoms with Crippen LogP contribution in [-0.4, -0.2) is 25.3 Å². The summed E-state index contributed by atoms with van der Waals surface area (Å²) in [6.45, 7) is 11.0. The average molecular weight is 242 g/mol. The van der Waals surface area contributed by atoms with E-state index in [4.69, 9.17) is 9.47 Å². The highest BCUT2D eigenvalue weighted by atomic mass is 32.2. The molecule has 2 nitrogen and oxygen atoms in total. The molecule has 0 saturated carbocycles. The van der Waals surface area contributed by atoms with Crippen LogP contribution in [0, 0.1) is 0 Å². The van der Waals surface area contributed by atoms with Crippen molar-refractivity contribution >= 4 is 11.8 Å². The Morgan fingerprint density at radius 2 is 1.94 bits per heavy atom. The number of hydrogen-bond donors (Lipinski definition) is 0. The maximum Gasteiger partial charge on any atom is 0.166 e. The topological polar surface area (TPSA) is 18.5 Å². The quantitative estimate of drug-likeness (QED) is 0.453. The minimum Gasteiger partial charge on any atom is -0.352 e. The Labute approximate surface area is 103 Å². The van der Waals surface area contributed by atoms with Crippen LogP contribution in [0.25, 0.3) is 0 Å². The molecular weight excluding hydrogens is 220 g/mol. The van der Waals surface area contributed by atoms with E-state index in [0.29, 0.717) is 13.2 Å². The van der Waals surface area contributed by atoms with E-state index in [2.05, 4.69) is 12.7 Å². The van der Waals surface area contributed by atoms with E-state index in [1.165, 1.54) is 4.91 Å². The Hall–Kier alpha value is -0.510. The van der Waals surface area contributed by atoms with E-state index in [1.54, 1.807) is 17.8 Å². The predicted molar refractivity (Wildman–Crippen MR) is 72.6 cm³/mol. The van der Waals surface area contributed by atoms with Gasteiger partial charge >= 0.3 is 0 Å². The van der Waals surface area contributed by atoms with Crippen LogP contribution in [0.2, 0.25) is 0 Å². The lowest BCUT2D eigenvalue weighted by molar-refractivity contribution is -0.119. The fraction of sp³-hybridized carbons (Fsp3) is 0.538. The van der Waals surface area contributed by atoms with Crippen LogP contribution in [0.3, 0.4) is 0 Å². The van der Waals surface area contributed by atoms with Gasteiger partial charge in [0.15, 0.2) is 6.29 Å². The Morgan fingerprint density at radius 1 is 1.31 bits per heavy atom. The van der Waals surface area contributed by atoms with Gasteiger partial charge in [0.25, 0.3) is 0 Å². The predicted octanol–water partition coefficient (Wildman–Crippen LogP) is 3.76. The molecule has 16 heavy (non-hydrogen) atoms. The summed E-state index contributed by atoms with van der Waals surface area (Å²) in [7, 11) is 0. The number of allylic oxidation sites excluding steroid dienone is 4. The Balaban J connectivity index is 4.13. The first-order valence-corrected chi connectivity index (χ1v) is 6.58. The molecule has 0 N–H and O–H groups in total. The molecule has 0 fully saturated rings. The first-order valence-electron chi connectivity index (χ1n) is 5.59. The van der Waals surface area contributed by atoms with Gasteiger partial charge in [-0.2, -0.15) is 0 Å². The summed E-state index contributed by atoms with van der Waals surface area (Å²) in [4.78, 5) is 1.17. The van der Waals surface area contributed by atoms with Crippen molar-refractivity contribution in [3.8, 4) is 0 Å². The lowest BCUT2D eigenvalue weighted by Crippen LogP contribution is -2.20. The Morgan fingerprint density at radius 3 is 2.38 bits per heavy atom. The standard InChI is InChI=1S/C13H22O2S/c1-5-9-12(10-6-2)16-11-13(14-7-3)15-8-4/h5-6,9-10,13H,1,7-8,11H2,2-4H3/b10-6-,12-9+. The molecule has 0 radical (unpaired) electrons. The molecule has 0 aliphatic carbocycles. The fourth-order valence-electron chi connectivity index (χ4n) is 1.11. The summed E-state index contributed by atoms with van der Waals surface area (Å²) >= 11 is 1.71. The largest absolute Gasteiger partial charge is 0.352 e. The van der Waals surface area contributed by atoms with Gasteiger partial charge in [0.1, 0.15) is 0 Å². The van der Waals surface area contributed by atoms with Gasteiger partial charge in [-0.25, -0.2) is 0 Å². The molecule has 0 aliphatic rings. The van der Waals surface area contributed by atoms with Gasteiger partial charge in [-0.15, -0.1) is 11.8 Å². The minimum absolute atomic E-state index is 0.126. The molecule has 0 unspecified atom stereocenters. The third-order valence-corrected chi connectivity index (χ3v) is 2.75. The van der Waals surface area contributed by atoms with Gasteiger partial charge in [-0.3, -0.25) is 0 Å². The smallest absolute Gasteiger partial charge is 0.166 e. The molecule has 0 aromatic rings. The zero-order chi connectivity index (χ0) is 12.2. The van der Waals surface area contributed by atoms with E-state index in [-0.39, 0.29) is 6.29 Å². The van der Waals surface area contributed by atoms with Crippen molar-refractivity contribution in [2.75, 3.05) is 19.0 Å². The van der Waals surface area contributed by atoms with E-state index >= 15 is 0 Å². The van der Waals surface area contributed by atoms with Crippen molar-refractivity contribution in [1.29, 1.82) is 0 Å². The monoisotopic (exact) mass is 242 g/mol. The van der Waals surface area contributed by atoms with Crippen molar-refractivity contribution < 1.29 is 9.47 Å². The van der Waals surface area contributed by atoms with Gasteiger partial charge in [0.2, 0.25) is 0 Å². The van der Waals surface area contributed by atoms with Crippen molar-refractivity contribution in [2.45, 2.75) is 27.1 Å². The molecule has 0 amide bonds. The Bertz CT molecular complexity index is 228. The van der Waals surface area contributed by atoms with Gasteiger partial charge in [-0.1, -0.05) is 24.8 Å². The zero-order valence-electron chi connectivity index (χ0n) is 10.4. The minimum atomic E-state index is -0.126. The second-order valence-electron chi connectivity index (χ2n) is 2.96. The van der Waals surface area contributed by atoms with Gasteiger partial charge in [0, 0.05) is 23.9 Å². The van der Waals surface area contributed by atoms with Crippen LogP contribution in [0.4, 0.5) is 0 Å². The second-order valence-corrected chi connectivity index (χ2v) is 4.05. The molecule has 0 aromatic carbocycles. The number of thioether (sulfide) groups is 1. The van der Waals surface area contributed by atoms with Crippen molar-refractivity contribution in [1.82, 2.24) is 0 Å². The van der Waals surface area contributed by atoms with Crippen LogP contribution < -0.4 is 0 Å². The molecule has 0 aromatic heterocycles. The van der Waals surface area contributed by atoms with Gasteiger partial charge in [0.05, 0.1) is 0 Å². The molecule has 0 atom stereocenters. The van der Waals surface area contributed by atoms with Crippen LogP contribution in [0.15, 0.2) is 35.8 Å². The van der Waals surface area contributed by atoms with E-state index in [1.807, 2.05) is 32.9 Å². The van der Waals surface area contributed by atoms with Crippen molar-refractivity contribution in [3.05, 3.63) is 35.8 Å². The molecule has 3 heteroatoms. The highest BCUT2D eigenvalue weighted by Crippen LogP contribution is 2.19. The molecule has 0 aliphatic heterocycles. The number of hydrogen-bond acceptors (Lipinski definition) is 3. The van der Waals surface area contributed by atoms with Crippen LogP contribution >= 0.6 is 11.8 Å². The first kappa shape index (κ1) is 15.5. The summed E-state index contributed by atoms with van der Waals surface area (Å²) in [6, 6.07) is 0. The second kappa shape index (κ2) is 11.0. The fourth-order valence-corrected chi connectivity index (χ4v) is 2.06. The maximum atomic E-state index is 5.47. The van der Waals surface area contributed by atoms with Gasteiger partial charge in [-0.05, 0) is 26.8 Å². The molecule has 0 bridgehead atoms. The SMILES string of the molecule is C=C/C=C(\C=C/C)SCC(OCC)OCC. The zero-order valence-corrected chi connectivity index (χ0v) is 11.3. The van der Waals surface area contributed by atoms with Crippen LogP contribution in [0.1, 0.15) is 20.8 Å². The average Bonchev–Trinajstić information content (AvgIpc) is 2.27. The van der Waals surface area contributed by atoms with Crippen LogP contribution in [-0.2, 0) is 9.47 Å². The van der Waals surface area contributed by atoms with Crippen molar-refractivity contribution in [3.63, 3.8) is 0 Å². The first-order chi connectivity index (χ1) is 7.78. The third-order valence-electron chi connectivity index (χ3n) is 1.70.